The smallest absolute Gasteiger partial charge is 0.119 e. The van der Waals surface area contributed by atoms with Gasteiger partial charge < -0.3 is 10.1 Å². The molecule has 1 aliphatic carbocycles. The van der Waals surface area contributed by atoms with E-state index in [2.05, 4.69) is 37.4 Å². The number of nitrogens with one attached hydrogen (secondary N) is 1. The molecule has 0 aliphatic heterocycles. The van der Waals surface area contributed by atoms with Gasteiger partial charge in [-0.15, -0.1) is 0 Å². The molecule has 0 heterocycles. The van der Waals surface area contributed by atoms with Gasteiger partial charge in [0, 0.05) is 12.1 Å². The number of hydrogen-bond acceptors (Lipinski definition) is 2. The van der Waals surface area contributed by atoms with Crippen molar-refractivity contribution in [1.29, 1.82) is 0 Å². The topological polar surface area (TPSA) is 21.3 Å². The Morgan fingerprint density at radius 3 is 3.00 bits per heavy atom. The molecular formula is C16H25NO. The average molecular weight is 247 g/mol. The quantitative estimate of drug-likeness (QED) is 0.824. The summed E-state index contributed by atoms with van der Waals surface area (Å²) in [7, 11) is 1.74. The number of benzene rings is 1. The fraction of sp³-hybridized carbons (Fsp3) is 0.625. The molecule has 0 bridgehead atoms. The number of aryl methyl sites for hydroxylation is 1. The Morgan fingerprint density at radius 2 is 2.28 bits per heavy atom. The van der Waals surface area contributed by atoms with Crippen molar-refractivity contribution in [2.24, 2.45) is 0 Å². The van der Waals surface area contributed by atoms with Gasteiger partial charge in [-0.2, -0.15) is 0 Å². The van der Waals surface area contributed by atoms with Crippen LogP contribution in [0.4, 0.5) is 0 Å². The number of unbranched alkanes of at least 4 members (excludes halogenated alkanes) is 1. The summed E-state index contributed by atoms with van der Waals surface area (Å²) in [6, 6.07) is 7.61. The lowest BCUT2D eigenvalue weighted by atomic mass is 10.1. The van der Waals surface area contributed by atoms with E-state index in [1.165, 1.54) is 43.2 Å². The van der Waals surface area contributed by atoms with E-state index >= 15 is 0 Å². The van der Waals surface area contributed by atoms with Crippen LogP contribution in [-0.2, 0) is 6.42 Å². The summed E-state index contributed by atoms with van der Waals surface area (Å²) >= 11 is 0. The highest BCUT2D eigenvalue weighted by atomic mass is 16.5. The molecule has 2 unspecified atom stereocenters. The van der Waals surface area contributed by atoms with Crippen LogP contribution in [0.2, 0.25) is 0 Å². The minimum Gasteiger partial charge on any atom is -0.497 e. The van der Waals surface area contributed by atoms with Gasteiger partial charge in [0.05, 0.1) is 7.11 Å². The minimum absolute atomic E-state index is 0.516. The zero-order valence-electron chi connectivity index (χ0n) is 11.8. The van der Waals surface area contributed by atoms with Gasteiger partial charge in [-0.3, -0.25) is 0 Å². The molecule has 0 fully saturated rings. The highest BCUT2D eigenvalue weighted by Gasteiger charge is 2.23. The van der Waals surface area contributed by atoms with Gasteiger partial charge in [0.25, 0.3) is 0 Å². The molecule has 0 amide bonds. The van der Waals surface area contributed by atoms with Crippen molar-refractivity contribution in [3.63, 3.8) is 0 Å². The number of hydrogen-bond donors (Lipinski definition) is 1. The Hall–Kier alpha value is -1.02. The molecule has 100 valence electrons. The summed E-state index contributed by atoms with van der Waals surface area (Å²) in [4.78, 5) is 0. The molecule has 0 saturated carbocycles. The van der Waals surface area contributed by atoms with Crippen LogP contribution in [0.1, 0.15) is 56.7 Å². The Balaban J connectivity index is 2.01. The van der Waals surface area contributed by atoms with Crippen LogP contribution in [0.15, 0.2) is 18.2 Å². The Bertz CT molecular complexity index is 389. The van der Waals surface area contributed by atoms with Crippen molar-refractivity contribution in [1.82, 2.24) is 5.32 Å². The van der Waals surface area contributed by atoms with Crippen molar-refractivity contribution in [2.45, 2.75) is 58.0 Å². The third kappa shape index (κ3) is 3.05. The second-order valence-electron chi connectivity index (χ2n) is 5.37. The van der Waals surface area contributed by atoms with Gasteiger partial charge in [-0.05, 0) is 49.4 Å². The summed E-state index contributed by atoms with van der Waals surface area (Å²) in [5.41, 5.74) is 2.92. The standard InChI is InChI=1S/C16H25NO/c1-4-5-6-12(2)17-16-10-8-13-7-9-14(18-3)11-15(13)16/h7,9,11-12,16-17H,4-6,8,10H2,1-3H3. The van der Waals surface area contributed by atoms with E-state index in [1.54, 1.807) is 7.11 Å². The molecule has 2 heteroatoms. The minimum atomic E-state index is 0.516. The molecule has 18 heavy (non-hydrogen) atoms. The normalized spacial score (nSPS) is 19.6. The van der Waals surface area contributed by atoms with Gasteiger partial charge in [0.2, 0.25) is 0 Å². The first-order valence-corrected chi connectivity index (χ1v) is 7.17. The molecule has 1 aromatic rings. The predicted molar refractivity (Wildman–Crippen MR) is 76.2 cm³/mol. The van der Waals surface area contributed by atoms with Crippen LogP contribution in [0.3, 0.4) is 0 Å². The SMILES string of the molecule is CCCCC(C)NC1CCc2ccc(OC)cc21. The molecular weight excluding hydrogens is 222 g/mol. The second-order valence-corrected chi connectivity index (χ2v) is 5.37. The third-order valence-corrected chi connectivity index (χ3v) is 3.91. The van der Waals surface area contributed by atoms with Crippen LogP contribution in [0.25, 0.3) is 0 Å². The maximum Gasteiger partial charge on any atom is 0.119 e. The number of methoxy groups -OCH3 is 1. The van der Waals surface area contributed by atoms with Gasteiger partial charge in [0.15, 0.2) is 0 Å². The van der Waals surface area contributed by atoms with E-state index in [1.807, 2.05) is 0 Å². The van der Waals surface area contributed by atoms with E-state index in [0.29, 0.717) is 12.1 Å². The van der Waals surface area contributed by atoms with Gasteiger partial charge in [0.1, 0.15) is 5.75 Å². The number of ether oxygens (including phenoxy) is 1. The largest absolute Gasteiger partial charge is 0.497 e. The molecule has 1 aliphatic rings. The van der Waals surface area contributed by atoms with Gasteiger partial charge >= 0.3 is 0 Å². The summed E-state index contributed by atoms with van der Waals surface area (Å²) in [5.74, 6) is 0.976. The summed E-state index contributed by atoms with van der Waals surface area (Å²) in [6.45, 7) is 4.55. The maximum atomic E-state index is 5.33. The molecule has 2 rings (SSSR count). The fourth-order valence-electron chi connectivity index (χ4n) is 2.82. The van der Waals surface area contributed by atoms with E-state index in [9.17, 15) is 0 Å². The Morgan fingerprint density at radius 1 is 1.44 bits per heavy atom. The third-order valence-electron chi connectivity index (χ3n) is 3.91. The van der Waals surface area contributed by atoms with Crippen molar-refractivity contribution < 1.29 is 4.74 Å². The van der Waals surface area contributed by atoms with Crippen molar-refractivity contribution >= 4 is 0 Å². The highest BCUT2D eigenvalue weighted by Crippen LogP contribution is 2.34. The lowest BCUT2D eigenvalue weighted by Crippen LogP contribution is -2.29. The zero-order chi connectivity index (χ0) is 13.0. The van der Waals surface area contributed by atoms with E-state index in [4.69, 9.17) is 4.74 Å². The first-order chi connectivity index (χ1) is 8.74. The van der Waals surface area contributed by atoms with Crippen molar-refractivity contribution in [2.75, 3.05) is 7.11 Å². The van der Waals surface area contributed by atoms with Crippen LogP contribution >= 0.6 is 0 Å². The first-order valence-electron chi connectivity index (χ1n) is 7.17. The molecule has 2 nitrogen and oxygen atoms in total. The Kier molecular flexibility index (Phi) is 4.65. The lowest BCUT2D eigenvalue weighted by Gasteiger charge is -2.20. The predicted octanol–water partition coefficient (Wildman–Crippen LogP) is 3.85. The van der Waals surface area contributed by atoms with Crippen LogP contribution in [0, 0.1) is 0 Å². The lowest BCUT2D eigenvalue weighted by molar-refractivity contribution is 0.408. The Labute approximate surface area is 111 Å². The average Bonchev–Trinajstić information content (AvgIpc) is 2.78. The molecule has 1 N–H and O–H groups in total. The number of fused-ring (bicyclic) bond motifs is 1. The van der Waals surface area contributed by atoms with E-state index in [-0.39, 0.29) is 0 Å². The van der Waals surface area contributed by atoms with Crippen LogP contribution < -0.4 is 10.1 Å². The van der Waals surface area contributed by atoms with E-state index < -0.39 is 0 Å². The van der Waals surface area contributed by atoms with E-state index in [0.717, 1.165) is 5.75 Å². The molecule has 2 atom stereocenters. The van der Waals surface area contributed by atoms with Crippen LogP contribution in [0.5, 0.6) is 5.75 Å². The van der Waals surface area contributed by atoms with Crippen LogP contribution in [-0.4, -0.2) is 13.2 Å². The maximum absolute atomic E-state index is 5.33. The summed E-state index contributed by atoms with van der Waals surface area (Å²) in [5, 5.41) is 3.77. The summed E-state index contributed by atoms with van der Waals surface area (Å²) < 4.78 is 5.33. The van der Waals surface area contributed by atoms with Crippen molar-refractivity contribution in [3.8, 4) is 5.75 Å². The van der Waals surface area contributed by atoms with Gasteiger partial charge in [-0.1, -0.05) is 25.8 Å². The second kappa shape index (κ2) is 6.24. The monoisotopic (exact) mass is 247 g/mol. The molecule has 0 radical (unpaired) electrons. The van der Waals surface area contributed by atoms with Crippen molar-refractivity contribution in [3.05, 3.63) is 29.3 Å². The molecule has 0 aromatic heterocycles. The first kappa shape index (κ1) is 13.4. The van der Waals surface area contributed by atoms with Gasteiger partial charge in [-0.25, -0.2) is 0 Å². The molecule has 0 spiro atoms. The number of rotatable bonds is 6. The molecule has 1 aromatic carbocycles. The highest BCUT2D eigenvalue weighted by molar-refractivity contribution is 5.40. The summed E-state index contributed by atoms with van der Waals surface area (Å²) in [6.07, 6.45) is 6.27. The molecule has 0 saturated heterocycles. The zero-order valence-corrected chi connectivity index (χ0v) is 11.8. The fourth-order valence-corrected chi connectivity index (χ4v) is 2.82.